The minimum Gasteiger partial charge on any atom is -0.325 e. The summed E-state index contributed by atoms with van der Waals surface area (Å²) >= 11 is 3.54. The number of nitrogens with zero attached hydrogens (tertiary/aromatic N) is 2. The van der Waals surface area contributed by atoms with Crippen LogP contribution < -0.4 is 5.32 Å². The molecule has 0 radical (unpaired) electrons. The van der Waals surface area contributed by atoms with Crippen molar-refractivity contribution in [1.29, 1.82) is 0 Å². The molecule has 1 aliphatic rings. The lowest BCUT2D eigenvalue weighted by Gasteiger charge is -2.19. The SMILES string of the molecule is CC1NCCC1c1nc2cc(Br)ccc2n1C(C)C. The van der Waals surface area contributed by atoms with Gasteiger partial charge in [0.25, 0.3) is 0 Å². The lowest BCUT2D eigenvalue weighted by molar-refractivity contribution is 0.507. The first-order valence-electron chi connectivity index (χ1n) is 6.98. The summed E-state index contributed by atoms with van der Waals surface area (Å²) in [6.45, 7) is 7.83. The molecule has 102 valence electrons. The third-order valence-electron chi connectivity index (χ3n) is 4.05. The zero-order valence-electron chi connectivity index (χ0n) is 11.7. The summed E-state index contributed by atoms with van der Waals surface area (Å²) in [5, 5.41) is 3.53. The van der Waals surface area contributed by atoms with Crippen molar-refractivity contribution in [3.05, 3.63) is 28.5 Å². The van der Waals surface area contributed by atoms with Gasteiger partial charge in [0.15, 0.2) is 0 Å². The van der Waals surface area contributed by atoms with Crippen LogP contribution in [0.25, 0.3) is 11.0 Å². The second-order valence-corrected chi connectivity index (χ2v) is 6.62. The van der Waals surface area contributed by atoms with Crippen LogP contribution in [0.1, 0.15) is 45.0 Å². The van der Waals surface area contributed by atoms with Crippen LogP contribution >= 0.6 is 15.9 Å². The van der Waals surface area contributed by atoms with E-state index in [0.29, 0.717) is 18.0 Å². The zero-order chi connectivity index (χ0) is 13.6. The van der Waals surface area contributed by atoms with Crippen molar-refractivity contribution in [3.63, 3.8) is 0 Å². The standard InChI is InChI=1S/C15H20BrN3/c1-9(2)19-14-5-4-11(16)8-13(14)18-15(19)12-6-7-17-10(12)3/h4-5,8-10,12,17H,6-7H2,1-3H3. The van der Waals surface area contributed by atoms with Gasteiger partial charge >= 0.3 is 0 Å². The summed E-state index contributed by atoms with van der Waals surface area (Å²) in [5.41, 5.74) is 2.34. The molecule has 2 unspecified atom stereocenters. The first kappa shape index (κ1) is 13.1. The molecule has 4 heteroatoms. The third kappa shape index (κ3) is 2.21. The molecule has 2 aromatic rings. The highest BCUT2D eigenvalue weighted by Gasteiger charge is 2.29. The van der Waals surface area contributed by atoms with Crippen molar-refractivity contribution in [2.24, 2.45) is 0 Å². The number of hydrogen-bond acceptors (Lipinski definition) is 2. The molecule has 0 spiro atoms. The predicted octanol–water partition coefficient (Wildman–Crippen LogP) is 3.85. The molecule has 3 nitrogen and oxygen atoms in total. The molecule has 1 aromatic carbocycles. The largest absolute Gasteiger partial charge is 0.325 e. The summed E-state index contributed by atoms with van der Waals surface area (Å²) in [5.74, 6) is 1.76. The van der Waals surface area contributed by atoms with E-state index in [-0.39, 0.29) is 0 Å². The van der Waals surface area contributed by atoms with Crippen molar-refractivity contribution in [2.45, 2.75) is 45.2 Å². The molecule has 0 bridgehead atoms. The second kappa shape index (κ2) is 4.91. The monoisotopic (exact) mass is 321 g/mol. The van der Waals surface area contributed by atoms with Gasteiger partial charge in [0.05, 0.1) is 11.0 Å². The minimum absolute atomic E-state index is 0.439. The average molecular weight is 322 g/mol. The summed E-state index contributed by atoms with van der Waals surface area (Å²) in [7, 11) is 0. The lowest BCUT2D eigenvalue weighted by Crippen LogP contribution is -2.24. The Labute approximate surface area is 122 Å². The maximum atomic E-state index is 4.92. The van der Waals surface area contributed by atoms with E-state index in [1.54, 1.807) is 0 Å². The van der Waals surface area contributed by atoms with E-state index in [1.807, 2.05) is 0 Å². The number of imidazole rings is 1. The zero-order valence-corrected chi connectivity index (χ0v) is 13.2. The van der Waals surface area contributed by atoms with Crippen LogP contribution in [-0.2, 0) is 0 Å². The number of nitrogens with one attached hydrogen (secondary N) is 1. The Bertz CT molecular complexity index is 603. The molecular weight excluding hydrogens is 302 g/mol. The van der Waals surface area contributed by atoms with Gasteiger partial charge in [-0.1, -0.05) is 15.9 Å². The maximum absolute atomic E-state index is 4.92. The Hall–Kier alpha value is -0.870. The topological polar surface area (TPSA) is 29.9 Å². The van der Waals surface area contributed by atoms with Crippen LogP contribution in [0.2, 0.25) is 0 Å². The first-order chi connectivity index (χ1) is 9.08. The van der Waals surface area contributed by atoms with E-state index in [4.69, 9.17) is 4.98 Å². The van der Waals surface area contributed by atoms with E-state index in [2.05, 4.69) is 64.8 Å². The summed E-state index contributed by atoms with van der Waals surface area (Å²) in [6, 6.07) is 7.34. The molecule has 1 fully saturated rings. The normalized spacial score (nSPS) is 23.6. The van der Waals surface area contributed by atoms with Gasteiger partial charge in [-0.15, -0.1) is 0 Å². The third-order valence-corrected chi connectivity index (χ3v) is 4.55. The van der Waals surface area contributed by atoms with E-state index in [0.717, 1.165) is 16.5 Å². The smallest absolute Gasteiger partial charge is 0.114 e. The van der Waals surface area contributed by atoms with Crippen LogP contribution in [0.3, 0.4) is 0 Å². The van der Waals surface area contributed by atoms with Gasteiger partial charge in [-0.3, -0.25) is 0 Å². The maximum Gasteiger partial charge on any atom is 0.114 e. The molecule has 1 aromatic heterocycles. The highest BCUT2D eigenvalue weighted by molar-refractivity contribution is 9.10. The van der Waals surface area contributed by atoms with E-state index < -0.39 is 0 Å². The Morgan fingerprint density at radius 3 is 2.84 bits per heavy atom. The molecule has 0 saturated carbocycles. The molecule has 0 amide bonds. The molecule has 1 saturated heterocycles. The van der Waals surface area contributed by atoms with E-state index in [1.165, 1.54) is 17.8 Å². The average Bonchev–Trinajstić information content (AvgIpc) is 2.91. The number of fused-ring (bicyclic) bond motifs is 1. The quantitative estimate of drug-likeness (QED) is 0.910. The number of benzene rings is 1. The van der Waals surface area contributed by atoms with Gasteiger partial charge in [-0.25, -0.2) is 4.98 Å². The van der Waals surface area contributed by atoms with Crippen molar-refractivity contribution in [2.75, 3.05) is 6.54 Å². The number of rotatable bonds is 2. The van der Waals surface area contributed by atoms with Gasteiger partial charge in [0, 0.05) is 22.5 Å². The molecule has 19 heavy (non-hydrogen) atoms. The fourth-order valence-electron chi connectivity index (χ4n) is 3.11. The summed E-state index contributed by atoms with van der Waals surface area (Å²) in [6.07, 6.45) is 1.18. The molecule has 1 aliphatic heterocycles. The number of aromatic nitrogens is 2. The predicted molar refractivity (Wildman–Crippen MR) is 82.6 cm³/mol. The Kier molecular flexibility index (Phi) is 3.39. The van der Waals surface area contributed by atoms with Gasteiger partial charge in [-0.05, 0) is 51.9 Å². The number of hydrogen-bond donors (Lipinski definition) is 1. The molecule has 2 atom stereocenters. The van der Waals surface area contributed by atoms with Crippen LogP contribution in [0.5, 0.6) is 0 Å². The Morgan fingerprint density at radius 1 is 1.42 bits per heavy atom. The van der Waals surface area contributed by atoms with Gasteiger partial charge in [0.1, 0.15) is 5.82 Å². The van der Waals surface area contributed by atoms with Crippen LogP contribution in [0.4, 0.5) is 0 Å². The van der Waals surface area contributed by atoms with Crippen molar-refractivity contribution < 1.29 is 0 Å². The fraction of sp³-hybridized carbons (Fsp3) is 0.533. The molecular formula is C15H20BrN3. The fourth-order valence-corrected chi connectivity index (χ4v) is 3.46. The lowest BCUT2D eigenvalue weighted by atomic mass is 10.0. The van der Waals surface area contributed by atoms with Crippen LogP contribution in [0.15, 0.2) is 22.7 Å². The molecule has 1 N–H and O–H groups in total. The highest BCUT2D eigenvalue weighted by atomic mass is 79.9. The number of halogens is 1. The van der Waals surface area contributed by atoms with Crippen molar-refractivity contribution in [3.8, 4) is 0 Å². The van der Waals surface area contributed by atoms with Gasteiger partial charge < -0.3 is 9.88 Å². The van der Waals surface area contributed by atoms with Gasteiger partial charge in [-0.2, -0.15) is 0 Å². The van der Waals surface area contributed by atoms with E-state index >= 15 is 0 Å². The Morgan fingerprint density at radius 2 is 2.21 bits per heavy atom. The summed E-state index contributed by atoms with van der Waals surface area (Å²) < 4.78 is 3.49. The van der Waals surface area contributed by atoms with E-state index in [9.17, 15) is 0 Å². The summed E-state index contributed by atoms with van der Waals surface area (Å²) in [4.78, 5) is 4.92. The van der Waals surface area contributed by atoms with Crippen molar-refractivity contribution in [1.82, 2.24) is 14.9 Å². The molecule has 2 heterocycles. The Balaban J connectivity index is 2.19. The first-order valence-corrected chi connectivity index (χ1v) is 7.78. The van der Waals surface area contributed by atoms with Crippen LogP contribution in [0, 0.1) is 0 Å². The minimum atomic E-state index is 0.439. The van der Waals surface area contributed by atoms with Gasteiger partial charge in [0.2, 0.25) is 0 Å². The van der Waals surface area contributed by atoms with Crippen LogP contribution in [-0.4, -0.2) is 22.1 Å². The van der Waals surface area contributed by atoms with Crippen molar-refractivity contribution >= 4 is 27.0 Å². The molecule has 0 aliphatic carbocycles. The molecule has 3 rings (SSSR count). The second-order valence-electron chi connectivity index (χ2n) is 5.70. The highest BCUT2D eigenvalue weighted by Crippen LogP contribution is 2.32.